The molecule has 0 atom stereocenters. The van der Waals surface area contributed by atoms with E-state index in [9.17, 15) is 9.90 Å². The van der Waals surface area contributed by atoms with E-state index in [0.717, 1.165) is 25.7 Å². The number of carbonyl (C=O) groups excluding carboxylic acids is 1. The van der Waals surface area contributed by atoms with Crippen LogP contribution in [0.5, 0.6) is 5.75 Å². The Balaban J connectivity index is 1.99. The molecule has 2 rings (SSSR count). The van der Waals surface area contributed by atoms with Crippen LogP contribution in [0.1, 0.15) is 36.0 Å². The fourth-order valence-corrected chi connectivity index (χ4v) is 2.58. The largest absolute Gasteiger partial charge is 0.507 e. The number of nitrogens with one attached hydrogen (secondary N) is 1. The first-order valence-electron chi connectivity index (χ1n) is 5.99. The quantitative estimate of drug-likeness (QED) is 0.820. The standard InChI is InChI=1S/C13H15Cl2NO2/c14-8-1-4-10(5-2-8)16-13(18)11-6-3-9(15)7-12(11)17/h3,6-8,10,17H,1-2,4-5H2,(H,16,18). The van der Waals surface area contributed by atoms with Gasteiger partial charge in [-0.2, -0.15) is 0 Å². The Morgan fingerprint density at radius 2 is 1.94 bits per heavy atom. The summed E-state index contributed by atoms with van der Waals surface area (Å²) < 4.78 is 0. The molecule has 18 heavy (non-hydrogen) atoms. The SMILES string of the molecule is O=C(NC1CCC(Cl)CC1)c1ccc(Cl)cc1O. The van der Waals surface area contributed by atoms with Gasteiger partial charge < -0.3 is 10.4 Å². The first-order chi connectivity index (χ1) is 8.56. The number of amides is 1. The van der Waals surface area contributed by atoms with Crippen molar-refractivity contribution in [2.75, 3.05) is 0 Å². The van der Waals surface area contributed by atoms with Gasteiger partial charge >= 0.3 is 0 Å². The van der Waals surface area contributed by atoms with Gasteiger partial charge in [0.2, 0.25) is 0 Å². The van der Waals surface area contributed by atoms with Crippen LogP contribution in [0.25, 0.3) is 0 Å². The molecule has 0 aromatic heterocycles. The summed E-state index contributed by atoms with van der Waals surface area (Å²) in [6.07, 6.45) is 3.60. The summed E-state index contributed by atoms with van der Waals surface area (Å²) in [5, 5.41) is 13.2. The average Bonchev–Trinajstić information content (AvgIpc) is 2.32. The minimum absolute atomic E-state index is 0.0916. The van der Waals surface area contributed by atoms with Gasteiger partial charge in [0, 0.05) is 16.4 Å². The van der Waals surface area contributed by atoms with Gasteiger partial charge in [-0.05, 0) is 43.9 Å². The minimum Gasteiger partial charge on any atom is -0.507 e. The lowest BCUT2D eigenvalue weighted by atomic mass is 9.95. The van der Waals surface area contributed by atoms with Crippen molar-refractivity contribution in [2.45, 2.75) is 37.1 Å². The van der Waals surface area contributed by atoms with Gasteiger partial charge in [-0.3, -0.25) is 4.79 Å². The zero-order valence-electron chi connectivity index (χ0n) is 9.83. The highest BCUT2D eigenvalue weighted by Gasteiger charge is 2.22. The number of rotatable bonds is 2. The van der Waals surface area contributed by atoms with Crippen molar-refractivity contribution >= 4 is 29.1 Å². The van der Waals surface area contributed by atoms with E-state index in [2.05, 4.69) is 5.32 Å². The predicted octanol–water partition coefficient (Wildman–Crippen LogP) is 3.33. The van der Waals surface area contributed by atoms with Crippen LogP contribution >= 0.6 is 23.2 Å². The van der Waals surface area contributed by atoms with Crippen molar-refractivity contribution in [1.29, 1.82) is 0 Å². The van der Waals surface area contributed by atoms with Gasteiger partial charge in [-0.1, -0.05) is 11.6 Å². The maximum atomic E-state index is 12.0. The Morgan fingerprint density at radius 3 is 2.56 bits per heavy atom. The molecular weight excluding hydrogens is 273 g/mol. The Kier molecular flexibility index (Phi) is 4.36. The van der Waals surface area contributed by atoms with Crippen LogP contribution in [0, 0.1) is 0 Å². The fraction of sp³-hybridized carbons (Fsp3) is 0.462. The van der Waals surface area contributed by atoms with E-state index in [-0.39, 0.29) is 28.6 Å². The van der Waals surface area contributed by atoms with Crippen LogP contribution in [0.15, 0.2) is 18.2 Å². The monoisotopic (exact) mass is 287 g/mol. The summed E-state index contributed by atoms with van der Waals surface area (Å²) >= 11 is 11.7. The van der Waals surface area contributed by atoms with Crippen LogP contribution < -0.4 is 5.32 Å². The van der Waals surface area contributed by atoms with Gasteiger partial charge in [-0.25, -0.2) is 0 Å². The van der Waals surface area contributed by atoms with Crippen molar-refractivity contribution in [3.8, 4) is 5.75 Å². The summed E-state index contributed by atoms with van der Waals surface area (Å²) in [7, 11) is 0. The van der Waals surface area contributed by atoms with Crippen LogP contribution in [0.2, 0.25) is 5.02 Å². The zero-order chi connectivity index (χ0) is 13.1. The molecule has 1 aromatic rings. The highest BCUT2D eigenvalue weighted by Crippen LogP contribution is 2.25. The lowest BCUT2D eigenvalue weighted by molar-refractivity contribution is 0.0925. The predicted molar refractivity (Wildman–Crippen MR) is 72.5 cm³/mol. The van der Waals surface area contributed by atoms with Crippen LogP contribution in [-0.2, 0) is 0 Å². The molecule has 1 aliphatic rings. The van der Waals surface area contributed by atoms with E-state index in [1.165, 1.54) is 12.1 Å². The smallest absolute Gasteiger partial charge is 0.255 e. The van der Waals surface area contributed by atoms with E-state index in [0.29, 0.717) is 5.02 Å². The second-order valence-electron chi connectivity index (χ2n) is 4.58. The number of carbonyl (C=O) groups is 1. The molecule has 0 unspecified atom stereocenters. The number of benzene rings is 1. The first-order valence-corrected chi connectivity index (χ1v) is 6.81. The minimum atomic E-state index is -0.262. The van der Waals surface area contributed by atoms with Gasteiger partial charge in [0.1, 0.15) is 5.75 Å². The number of phenols is 1. The van der Waals surface area contributed by atoms with Crippen molar-refractivity contribution < 1.29 is 9.90 Å². The number of alkyl halides is 1. The van der Waals surface area contributed by atoms with Gasteiger partial charge in [0.05, 0.1) is 5.56 Å². The van der Waals surface area contributed by atoms with E-state index in [4.69, 9.17) is 23.2 Å². The molecular formula is C13H15Cl2NO2. The number of halogens is 2. The molecule has 1 aromatic carbocycles. The third-order valence-electron chi connectivity index (χ3n) is 3.20. The summed E-state index contributed by atoms with van der Waals surface area (Å²) in [6, 6.07) is 4.63. The summed E-state index contributed by atoms with van der Waals surface area (Å²) in [4.78, 5) is 12.0. The third-order valence-corrected chi connectivity index (χ3v) is 3.87. The fourth-order valence-electron chi connectivity index (χ4n) is 2.16. The Labute approximate surface area is 116 Å². The summed E-state index contributed by atoms with van der Waals surface area (Å²) in [5.74, 6) is -0.354. The molecule has 98 valence electrons. The highest BCUT2D eigenvalue weighted by atomic mass is 35.5. The molecule has 1 saturated carbocycles. The third kappa shape index (κ3) is 3.30. The molecule has 0 heterocycles. The molecule has 0 saturated heterocycles. The second-order valence-corrected chi connectivity index (χ2v) is 5.64. The van der Waals surface area contributed by atoms with E-state index < -0.39 is 0 Å². The zero-order valence-corrected chi connectivity index (χ0v) is 11.3. The lowest BCUT2D eigenvalue weighted by Gasteiger charge is -2.25. The maximum Gasteiger partial charge on any atom is 0.255 e. The average molecular weight is 288 g/mol. The molecule has 0 aliphatic heterocycles. The molecule has 1 fully saturated rings. The Morgan fingerprint density at radius 1 is 1.28 bits per heavy atom. The topological polar surface area (TPSA) is 49.3 Å². The Bertz CT molecular complexity index is 443. The molecule has 0 spiro atoms. The van der Waals surface area contributed by atoms with Crippen molar-refractivity contribution in [2.24, 2.45) is 0 Å². The van der Waals surface area contributed by atoms with Gasteiger partial charge in [0.15, 0.2) is 0 Å². The summed E-state index contributed by atoms with van der Waals surface area (Å²) in [5.41, 5.74) is 0.257. The van der Waals surface area contributed by atoms with E-state index in [1.807, 2.05) is 0 Å². The second kappa shape index (κ2) is 5.81. The van der Waals surface area contributed by atoms with Crippen molar-refractivity contribution in [3.63, 3.8) is 0 Å². The maximum absolute atomic E-state index is 12.0. The van der Waals surface area contributed by atoms with Crippen molar-refractivity contribution in [1.82, 2.24) is 5.32 Å². The van der Waals surface area contributed by atoms with Crippen molar-refractivity contribution in [3.05, 3.63) is 28.8 Å². The molecule has 0 bridgehead atoms. The summed E-state index contributed by atoms with van der Waals surface area (Å²) in [6.45, 7) is 0. The molecule has 0 radical (unpaired) electrons. The first kappa shape index (κ1) is 13.5. The van der Waals surface area contributed by atoms with E-state index in [1.54, 1.807) is 6.07 Å². The van der Waals surface area contributed by atoms with E-state index >= 15 is 0 Å². The highest BCUT2D eigenvalue weighted by molar-refractivity contribution is 6.30. The van der Waals surface area contributed by atoms with Crippen LogP contribution in [-0.4, -0.2) is 22.4 Å². The number of hydrogen-bond acceptors (Lipinski definition) is 2. The molecule has 2 N–H and O–H groups in total. The van der Waals surface area contributed by atoms with Gasteiger partial charge in [-0.15, -0.1) is 11.6 Å². The lowest BCUT2D eigenvalue weighted by Crippen LogP contribution is -2.37. The van der Waals surface area contributed by atoms with Crippen LogP contribution in [0.4, 0.5) is 0 Å². The molecule has 1 amide bonds. The number of aromatic hydroxyl groups is 1. The Hall–Kier alpha value is -0.930. The normalized spacial score (nSPS) is 23.7. The number of phenolic OH excluding ortho intramolecular Hbond substituents is 1. The molecule has 5 heteroatoms. The molecule has 1 aliphatic carbocycles. The van der Waals surface area contributed by atoms with Crippen LogP contribution in [0.3, 0.4) is 0 Å². The van der Waals surface area contributed by atoms with Gasteiger partial charge in [0.25, 0.3) is 5.91 Å². The number of hydrogen-bond donors (Lipinski definition) is 2. The molecule has 3 nitrogen and oxygen atoms in total.